The lowest BCUT2D eigenvalue weighted by Crippen LogP contribution is -2.27. The van der Waals surface area contributed by atoms with Crippen molar-refractivity contribution in [1.82, 2.24) is 0 Å². The highest BCUT2D eigenvalue weighted by molar-refractivity contribution is 6.09. The van der Waals surface area contributed by atoms with Gasteiger partial charge in [-0.1, -0.05) is 12.1 Å². The molecule has 0 bridgehead atoms. The lowest BCUT2D eigenvalue weighted by atomic mass is 10.1. The van der Waals surface area contributed by atoms with Gasteiger partial charge in [0.05, 0.1) is 23.9 Å². The fourth-order valence-electron chi connectivity index (χ4n) is 2.00. The van der Waals surface area contributed by atoms with Crippen molar-refractivity contribution in [3.8, 4) is 11.8 Å². The Balaban J connectivity index is 2.42. The maximum Gasteiger partial charge on any atom is 0.260 e. The van der Waals surface area contributed by atoms with Crippen molar-refractivity contribution in [2.24, 2.45) is 0 Å². The molecule has 0 aromatic heterocycles. The molecule has 2 aromatic carbocycles. The largest absolute Gasteiger partial charge is 0.497 e. The van der Waals surface area contributed by atoms with Gasteiger partial charge < -0.3 is 15.4 Å². The molecule has 0 aliphatic carbocycles. The number of amides is 1. The topological polar surface area (TPSA) is 79.3 Å². The van der Waals surface area contributed by atoms with Crippen LogP contribution in [-0.4, -0.2) is 20.1 Å². The second kappa shape index (κ2) is 5.97. The quantitative estimate of drug-likeness (QED) is 0.876. The minimum atomic E-state index is -0.297. The Morgan fingerprint density at radius 2 is 2.00 bits per heavy atom. The van der Waals surface area contributed by atoms with Crippen LogP contribution >= 0.6 is 0 Å². The van der Waals surface area contributed by atoms with E-state index in [0.717, 1.165) is 0 Å². The highest BCUT2D eigenvalue weighted by Gasteiger charge is 2.19. The molecule has 2 N–H and O–H groups in total. The Kier molecular flexibility index (Phi) is 4.10. The normalized spacial score (nSPS) is 9.76. The third kappa shape index (κ3) is 2.79. The number of rotatable bonds is 3. The molecule has 0 radical (unpaired) electrons. The van der Waals surface area contributed by atoms with Crippen molar-refractivity contribution in [2.75, 3.05) is 24.8 Å². The molecule has 0 atom stereocenters. The summed E-state index contributed by atoms with van der Waals surface area (Å²) in [5.41, 5.74) is 7.52. The Labute approximate surface area is 123 Å². The van der Waals surface area contributed by atoms with Gasteiger partial charge in [0.15, 0.2) is 0 Å². The number of carbonyl (C=O) groups is 1. The summed E-state index contributed by atoms with van der Waals surface area (Å²) in [7, 11) is 3.13. The number of ether oxygens (including phenoxy) is 1. The number of nitrogens with two attached hydrogens (primary N) is 1. The molecule has 2 rings (SSSR count). The van der Waals surface area contributed by atoms with Crippen molar-refractivity contribution in [3.63, 3.8) is 0 Å². The van der Waals surface area contributed by atoms with Crippen LogP contribution in [0.2, 0.25) is 0 Å². The zero-order chi connectivity index (χ0) is 15.4. The number of anilines is 2. The summed E-state index contributed by atoms with van der Waals surface area (Å²) in [5, 5.41) is 9.12. The van der Waals surface area contributed by atoms with Gasteiger partial charge in [-0.2, -0.15) is 5.26 Å². The summed E-state index contributed by atoms with van der Waals surface area (Å²) in [6.45, 7) is 0. The van der Waals surface area contributed by atoms with Gasteiger partial charge in [0, 0.05) is 12.7 Å². The number of benzene rings is 2. The standard InChI is InChI=1S/C16H15N3O2/c1-19(15-6-4-3-5-11(15)10-17)16(20)13-9-12(21-2)7-8-14(13)18/h3-9H,18H2,1-2H3. The van der Waals surface area contributed by atoms with Crippen LogP contribution in [0.4, 0.5) is 11.4 Å². The van der Waals surface area contributed by atoms with Crippen molar-refractivity contribution in [3.05, 3.63) is 53.6 Å². The van der Waals surface area contributed by atoms with Gasteiger partial charge in [-0.3, -0.25) is 4.79 Å². The maximum atomic E-state index is 12.6. The fraction of sp³-hybridized carbons (Fsp3) is 0.125. The first-order chi connectivity index (χ1) is 10.1. The number of nitrogen functional groups attached to an aromatic ring is 1. The highest BCUT2D eigenvalue weighted by Crippen LogP contribution is 2.25. The lowest BCUT2D eigenvalue weighted by molar-refractivity contribution is 0.0993. The molecule has 0 unspecified atom stereocenters. The Morgan fingerprint density at radius 1 is 1.29 bits per heavy atom. The number of para-hydroxylation sites is 1. The van der Waals surface area contributed by atoms with Crippen LogP contribution in [0.3, 0.4) is 0 Å². The van der Waals surface area contributed by atoms with E-state index < -0.39 is 0 Å². The van der Waals surface area contributed by atoms with Gasteiger partial charge in [-0.25, -0.2) is 0 Å². The minimum Gasteiger partial charge on any atom is -0.497 e. The van der Waals surface area contributed by atoms with E-state index in [9.17, 15) is 4.79 Å². The number of methoxy groups -OCH3 is 1. The molecular weight excluding hydrogens is 266 g/mol. The molecule has 0 fully saturated rings. The number of hydrogen-bond donors (Lipinski definition) is 1. The van der Waals surface area contributed by atoms with Crippen molar-refractivity contribution >= 4 is 17.3 Å². The molecule has 0 aliphatic rings. The second-order valence-electron chi connectivity index (χ2n) is 4.45. The van der Waals surface area contributed by atoms with E-state index in [0.29, 0.717) is 28.3 Å². The maximum absolute atomic E-state index is 12.6. The number of nitriles is 1. The smallest absolute Gasteiger partial charge is 0.260 e. The summed E-state index contributed by atoms with van der Waals surface area (Å²) < 4.78 is 5.11. The molecular formula is C16H15N3O2. The second-order valence-corrected chi connectivity index (χ2v) is 4.45. The fourth-order valence-corrected chi connectivity index (χ4v) is 2.00. The van der Waals surface area contributed by atoms with Gasteiger partial charge in [-0.05, 0) is 30.3 Å². The third-order valence-electron chi connectivity index (χ3n) is 3.18. The van der Waals surface area contributed by atoms with E-state index in [1.54, 1.807) is 49.5 Å². The van der Waals surface area contributed by atoms with E-state index >= 15 is 0 Å². The molecule has 0 saturated carbocycles. The average molecular weight is 281 g/mol. The molecule has 5 nitrogen and oxygen atoms in total. The summed E-state index contributed by atoms with van der Waals surface area (Å²) in [4.78, 5) is 14.0. The molecule has 1 amide bonds. The van der Waals surface area contributed by atoms with Crippen LogP contribution in [0.25, 0.3) is 0 Å². The van der Waals surface area contributed by atoms with E-state index in [1.165, 1.54) is 12.0 Å². The predicted octanol–water partition coefficient (Wildman–Crippen LogP) is 2.43. The summed E-state index contributed by atoms with van der Waals surface area (Å²) in [6, 6.07) is 13.9. The van der Waals surface area contributed by atoms with Gasteiger partial charge in [0.2, 0.25) is 0 Å². The molecule has 0 heterocycles. The predicted molar refractivity (Wildman–Crippen MR) is 81.3 cm³/mol. The highest BCUT2D eigenvalue weighted by atomic mass is 16.5. The lowest BCUT2D eigenvalue weighted by Gasteiger charge is -2.19. The average Bonchev–Trinajstić information content (AvgIpc) is 2.54. The van der Waals surface area contributed by atoms with Crippen LogP contribution in [0.5, 0.6) is 5.75 Å². The van der Waals surface area contributed by atoms with Crippen LogP contribution < -0.4 is 15.4 Å². The Hall–Kier alpha value is -3.00. The van der Waals surface area contributed by atoms with Gasteiger partial charge >= 0.3 is 0 Å². The van der Waals surface area contributed by atoms with Gasteiger partial charge in [0.1, 0.15) is 11.8 Å². The number of nitrogens with zero attached hydrogens (tertiary/aromatic N) is 2. The SMILES string of the molecule is COc1ccc(N)c(C(=O)N(C)c2ccccc2C#N)c1. The zero-order valence-corrected chi connectivity index (χ0v) is 11.8. The van der Waals surface area contributed by atoms with Crippen LogP contribution in [-0.2, 0) is 0 Å². The van der Waals surface area contributed by atoms with Crippen molar-refractivity contribution in [2.45, 2.75) is 0 Å². The van der Waals surface area contributed by atoms with E-state index in [4.69, 9.17) is 15.7 Å². The number of carbonyl (C=O) groups excluding carboxylic acids is 1. The van der Waals surface area contributed by atoms with Crippen molar-refractivity contribution < 1.29 is 9.53 Å². The molecule has 2 aromatic rings. The van der Waals surface area contributed by atoms with Gasteiger partial charge in [0.25, 0.3) is 5.91 Å². The summed E-state index contributed by atoms with van der Waals surface area (Å²) >= 11 is 0. The first-order valence-electron chi connectivity index (χ1n) is 6.29. The summed E-state index contributed by atoms with van der Waals surface area (Å²) in [6.07, 6.45) is 0. The third-order valence-corrected chi connectivity index (χ3v) is 3.18. The molecule has 106 valence electrons. The van der Waals surface area contributed by atoms with Crippen LogP contribution in [0.15, 0.2) is 42.5 Å². The first-order valence-corrected chi connectivity index (χ1v) is 6.29. The van der Waals surface area contributed by atoms with Gasteiger partial charge in [-0.15, -0.1) is 0 Å². The van der Waals surface area contributed by atoms with E-state index in [2.05, 4.69) is 6.07 Å². The number of hydrogen-bond acceptors (Lipinski definition) is 4. The minimum absolute atomic E-state index is 0.297. The molecule has 5 heteroatoms. The van der Waals surface area contributed by atoms with Crippen LogP contribution in [0.1, 0.15) is 15.9 Å². The molecule has 0 aliphatic heterocycles. The molecule has 0 spiro atoms. The monoisotopic (exact) mass is 281 g/mol. The van der Waals surface area contributed by atoms with Crippen molar-refractivity contribution in [1.29, 1.82) is 5.26 Å². The first kappa shape index (κ1) is 14.4. The summed E-state index contributed by atoms with van der Waals surface area (Å²) in [5.74, 6) is 0.253. The van der Waals surface area contributed by atoms with Crippen LogP contribution in [0, 0.1) is 11.3 Å². The Bertz CT molecular complexity index is 720. The zero-order valence-electron chi connectivity index (χ0n) is 11.8. The molecule has 0 saturated heterocycles. The Morgan fingerprint density at radius 3 is 2.67 bits per heavy atom. The van der Waals surface area contributed by atoms with E-state index in [1.807, 2.05) is 0 Å². The van der Waals surface area contributed by atoms with E-state index in [-0.39, 0.29) is 5.91 Å². The molecule has 21 heavy (non-hydrogen) atoms.